The van der Waals surface area contributed by atoms with Gasteiger partial charge < -0.3 is 14.0 Å². The molecule has 4 rings (SSSR count). The Morgan fingerprint density at radius 3 is 2.78 bits per heavy atom. The van der Waals surface area contributed by atoms with Gasteiger partial charge in [-0.1, -0.05) is 13.0 Å². The summed E-state index contributed by atoms with van der Waals surface area (Å²) in [5.74, 6) is -0.569. The van der Waals surface area contributed by atoms with Crippen molar-refractivity contribution in [2.75, 3.05) is 0 Å². The van der Waals surface area contributed by atoms with Gasteiger partial charge in [0.1, 0.15) is 23.7 Å². The minimum absolute atomic E-state index is 0.0432. The molecule has 1 aliphatic heterocycles. The standard InChI is InChI=1S/C18H23N3O2/c1-6-12-9-14(15-18(12,5)23-17(3,4)22-15)21-8-7-13-11(2)19-10-20-16(13)21/h7-10,14-15H,6H2,1-5H3/t14-,15+,18-/m1/s1. The number of aromatic nitrogens is 3. The van der Waals surface area contributed by atoms with Crippen LogP contribution in [0.1, 0.15) is 45.9 Å². The van der Waals surface area contributed by atoms with Crippen molar-refractivity contribution in [2.45, 2.75) is 64.6 Å². The SMILES string of the molecule is CCC1=C[C@@H](n2ccc3c(C)ncnc32)[C@@H]2OC(C)(C)O[C@]12C. The zero-order valence-corrected chi connectivity index (χ0v) is 14.3. The maximum absolute atomic E-state index is 6.29. The minimum Gasteiger partial charge on any atom is -0.341 e. The van der Waals surface area contributed by atoms with Crippen molar-refractivity contribution >= 4 is 11.0 Å². The summed E-state index contributed by atoms with van der Waals surface area (Å²) in [6.07, 6.45) is 6.91. The van der Waals surface area contributed by atoms with E-state index in [1.54, 1.807) is 6.33 Å². The van der Waals surface area contributed by atoms with Gasteiger partial charge in [0.15, 0.2) is 5.79 Å². The van der Waals surface area contributed by atoms with E-state index in [1.807, 2.05) is 20.8 Å². The zero-order chi connectivity index (χ0) is 16.4. The van der Waals surface area contributed by atoms with Crippen LogP contribution in [0.5, 0.6) is 0 Å². The normalized spacial score (nSPS) is 32.3. The van der Waals surface area contributed by atoms with Crippen LogP contribution in [-0.2, 0) is 9.47 Å². The number of rotatable bonds is 2. The molecule has 0 saturated carbocycles. The van der Waals surface area contributed by atoms with E-state index in [9.17, 15) is 0 Å². The predicted molar refractivity (Wildman–Crippen MR) is 88.1 cm³/mol. The largest absolute Gasteiger partial charge is 0.341 e. The fourth-order valence-electron chi connectivity index (χ4n) is 4.15. The van der Waals surface area contributed by atoms with Crippen molar-refractivity contribution in [3.63, 3.8) is 0 Å². The molecule has 1 saturated heterocycles. The van der Waals surface area contributed by atoms with E-state index >= 15 is 0 Å². The maximum Gasteiger partial charge on any atom is 0.164 e. The Labute approximate surface area is 136 Å². The van der Waals surface area contributed by atoms with Crippen molar-refractivity contribution in [1.29, 1.82) is 0 Å². The van der Waals surface area contributed by atoms with Crippen LogP contribution in [0.3, 0.4) is 0 Å². The molecule has 0 unspecified atom stereocenters. The van der Waals surface area contributed by atoms with Crippen molar-refractivity contribution < 1.29 is 9.47 Å². The van der Waals surface area contributed by atoms with Gasteiger partial charge >= 0.3 is 0 Å². The molecule has 0 amide bonds. The predicted octanol–water partition coefficient (Wildman–Crippen LogP) is 3.54. The second-order valence-electron chi connectivity index (χ2n) is 7.10. The van der Waals surface area contributed by atoms with Crippen molar-refractivity contribution in [1.82, 2.24) is 14.5 Å². The number of ether oxygens (including phenoxy) is 2. The monoisotopic (exact) mass is 313 g/mol. The van der Waals surface area contributed by atoms with Crippen LogP contribution >= 0.6 is 0 Å². The van der Waals surface area contributed by atoms with Gasteiger partial charge in [-0.25, -0.2) is 9.97 Å². The first-order valence-electron chi connectivity index (χ1n) is 8.23. The molecule has 1 aliphatic carbocycles. The van der Waals surface area contributed by atoms with Crippen molar-refractivity contribution in [2.24, 2.45) is 0 Å². The van der Waals surface area contributed by atoms with Gasteiger partial charge in [0, 0.05) is 11.6 Å². The van der Waals surface area contributed by atoms with Crippen LogP contribution in [-0.4, -0.2) is 32.0 Å². The quantitative estimate of drug-likeness (QED) is 0.796. The highest BCUT2D eigenvalue weighted by Gasteiger charge is 2.58. The Kier molecular flexibility index (Phi) is 3.00. The zero-order valence-electron chi connectivity index (χ0n) is 14.3. The summed E-state index contributed by atoms with van der Waals surface area (Å²) >= 11 is 0. The Morgan fingerprint density at radius 1 is 1.26 bits per heavy atom. The molecule has 2 aromatic rings. The third-order valence-electron chi connectivity index (χ3n) is 5.14. The van der Waals surface area contributed by atoms with Gasteiger partial charge in [-0.2, -0.15) is 0 Å². The van der Waals surface area contributed by atoms with Crippen molar-refractivity contribution in [3.8, 4) is 0 Å². The molecule has 3 heterocycles. The summed E-state index contributed by atoms with van der Waals surface area (Å²) < 4.78 is 14.8. The smallest absolute Gasteiger partial charge is 0.164 e. The summed E-state index contributed by atoms with van der Waals surface area (Å²) in [7, 11) is 0. The lowest BCUT2D eigenvalue weighted by Gasteiger charge is -2.28. The first-order valence-corrected chi connectivity index (χ1v) is 8.23. The number of nitrogens with zero attached hydrogens (tertiary/aromatic N) is 3. The Hall–Kier alpha value is -1.72. The van der Waals surface area contributed by atoms with E-state index in [4.69, 9.17) is 9.47 Å². The fraction of sp³-hybridized carbons (Fsp3) is 0.556. The molecule has 0 radical (unpaired) electrons. The van der Waals surface area contributed by atoms with Crippen LogP contribution in [0, 0.1) is 6.92 Å². The molecule has 0 bridgehead atoms. The van der Waals surface area contributed by atoms with Crippen LogP contribution in [0.4, 0.5) is 0 Å². The van der Waals surface area contributed by atoms with Crippen molar-refractivity contribution in [3.05, 3.63) is 35.9 Å². The second kappa shape index (κ2) is 4.65. The summed E-state index contributed by atoms with van der Waals surface area (Å²) in [5.41, 5.74) is 2.87. The first-order chi connectivity index (χ1) is 10.9. The Balaban J connectivity index is 1.85. The summed E-state index contributed by atoms with van der Waals surface area (Å²) in [6, 6.07) is 2.17. The molecule has 0 aromatic carbocycles. The minimum atomic E-state index is -0.569. The summed E-state index contributed by atoms with van der Waals surface area (Å²) in [5, 5.41) is 1.09. The van der Waals surface area contributed by atoms with E-state index in [0.717, 1.165) is 23.1 Å². The van der Waals surface area contributed by atoms with E-state index in [2.05, 4.69) is 46.7 Å². The Bertz CT molecular complexity index is 808. The molecule has 0 spiro atoms. The fourth-order valence-corrected chi connectivity index (χ4v) is 4.15. The molecule has 5 heteroatoms. The van der Waals surface area contributed by atoms with Gasteiger partial charge in [0.25, 0.3) is 0 Å². The van der Waals surface area contributed by atoms with E-state index in [0.29, 0.717) is 0 Å². The van der Waals surface area contributed by atoms with Gasteiger partial charge in [0.05, 0.1) is 11.7 Å². The van der Waals surface area contributed by atoms with Crippen LogP contribution in [0.25, 0.3) is 11.0 Å². The maximum atomic E-state index is 6.29. The van der Waals surface area contributed by atoms with E-state index in [1.165, 1.54) is 5.57 Å². The van der Waals surface area contributed by atoms with E-state index in [-0.39, 0.29) is 17.7 Å². The number of hydrogen-bond acceptors (Lipinski definition) is 4. The molecule has 122 valence electrons. The van der Waals surface area contributed by atoms with Gasteiger partial charge in [-0.05, 0) is 45.8 Å². The molecular formula is C18H23N3O2. The number of aryl methyl sites for hydroxylation is 1. The molecular weight excluding hydrogens is 290 g/mol. The van der Waals surface area contributed by atoms with Gasteiger partial charge in [0.2, 0.25) is 0 Å². The van der Waals surface area contributed by atoms with Gasteiger partial charge in [-0.3, -0.25) is 0 Å². The average Bonchev–Trinajstić information content (AvgIpc) is 3.07. The van der Waals surface area contributed by atoms with Crippen LogP contribution < -0.4 is 0 Å². The lowest BCUT2D eigenvalue weighted by Crippen LogP contribution is -2.38. The van der Waals surface area contributed by atoms with Crippen LogP contribution in [0.2, 0.25) is 0 Å². The highest BCUT2D eigenvalue weighted by Crippen LogP contribution is 2.51. The average molecular weight is 313 g/mol. The number of hydrogen-bond donors (Lipinski definition) is 0. The third-order valence-corrected chi connectivity index (χ3v) is 5.14. The second-order valence-corrected chi connectivity index (χ2v) is 7.10. The molecule has 5 nitrogen and oxygen atoms in total. The number of fused-ring (bicyclic) bond motifs is 2. The molecule has 2 aliphatic rings. The molecule has 0 N–H and O–H groups in total. The molecule has 1 fully saturated rings. The first kappa shape index (κ1) is 14.8. The molecule has 23 heavy (non-hydrogen) atoms. The summed E-state index contributed by atoms with van der Waals surface area (Å²) in [4.78, 5) is 8.78. The highest BCUT2D eigenvalue weighted by atomic mass is 16.8. The van der Waals surface area contributed by atoms with Crippen LogP contribution in [0.15, 0.2) is 30.2 Å². The van der Waals surface area contributed by atoms with Gasteiger partial charge in [-0.15, -0.1) is 0 Å². The lowest BCUT2D eigenvalue weighted by molar-refractivity contribution is -0.158. The Morgan fingerprint density at radius 2 is 2.04 bits per heavy atom. The van der Waals surface area contributed by atoms with E-state index < -0.39 is 5.79 Å². The molecule has 2 aromatic heterocycles. The third kappa shape index (κ3) is 2.00. The summed E-state index contributed by atoms with van der Waals surface area (Å²) in [6.45, 7) is 10.3. The topological polar surface area (TPSA) is 49.2 Å². The lowest BCUT2D eigenvalue weighted by atomic mass is 9.93. The molecule has 3 atom stereocenters. The highest BCUT2D eigenvalue weighted by molar-refractivity contribution is 5.78.